The quantitative estimate of drug-likeness (QED) is 0.723. The van der Waals surface area contributed by atoms with E-state index in [1.807, 2.05) is 0 Å². The molecule has 0 saturated heterocycles. The predicted octanol–water partition coefficient (Wildman–Crippen LogP) is 4.16. The highest BCUT2D eigenvalue weighted by atomic mass is 79.9. The van der Waals surface area contributed by atoms with Crippen LogP contribution in [0.1, 0.15) is 0 Å². The van der Waals surface area contributed by atoms with Gasteiger partial charge in [0.1, 0.15) is 5.82 Å². The highest BCUT2D eigenvalue weighted by molar-refractivity contribution is 9.10. The Bertz CT molecular complexity index is 785. The topological polar surface area (TPSA) is 43.8 Å². The lowest BCUT2D eigenvalue weighted by atomic mass is 10.2. The van der Waals surface area contributed by atoms with E-state index in [1.165, 1.54) is 12.1 Å². The van der Waals surface area contributed by atoms with Crippen LogP contribution in [0.2, 0.25) is 5.02 Å². The molecule has 1 heterocycles. The standard InChI is InChI=1S/C13H8BrClFN3/c14-9-6-8(16)2-4-11(9)19-12-5-7(15)1-3-10(12)18-13(19)17/h1-6H,(H2,17,18). The molecule has 3 nitrogen and oxygen atoms in total. The first-order chi connectivity index (χ1) is 9.06. The predicted molar refractivity (Wildman–Crippen MR) is 78.2 cm³/mol. The number of hydrogen-bond donors (Lipinski definition) is 1. The first-order valence-electron chi connectivity index (χ1n) is 5.45. The van der Waals surface area contributed by atoms with Crippen molar-refractivity contribution in [3.05, 3.63) is 51.7 Å². The Kier molecular flexibility index (Phi) is 2.95. The first kappa shape index (κ1) is 12.4. The summed E-state index contributed by atoms with van der Waals surface area (Å²) in [5.74, 6) is 0.00113. The van der Waals surface area contributed by atoms with Crippen molar-refractivity contribution in [2.75, 3.05) is 5.73 Å². The van der Waals surface area contributed by atoms with E-state index in [1.54, 1.807) is 28.8 Å². The van der Waals surface area contributed by atoms with Crippen molar-refractivity contribution in [3.63, 3.8) is 0 Å². The minimum Gasteiger partial charge on any atom is -0.369 e. The maximum Gasteiger partial charge on any atom is 0.205 e. The summed E-state index contributed by atoms with van der Waals surface area (Å²) in [6, 6.07) is 9.71. The molecule has 0 fully saturated rings. The zero-order valence-corrected chi connectivity index (χ0v) is 11.9. The molecule has 0 bridgehead atoms. The van der Waals surface area contributed by atoms with Crippen LogP contribution >= 0.6 is 27.5 Å². The Morgan fingerprint density at radius 3 is 2.74 bits per heavy atom. The summed E-state index contributed by atoms with van der Waals surface area (Å²) >= 11 is 9.33. The van der Waals surface area contributed by atoms with Crippen molar-refractivity contribution < 1.29 is 4.39 Å². The lowest BCUT2D eigenvalue weighted by Gasteiger charge is -2.09. The second-order valence-electron chi connectivity index (χ2n) is 4.03. The molecule has 0 saturated carbocycles. The molecule has 0 aliphatic heterocycles. The second kappa shape index (κ2) is 4.51. The van der Waals surface area contributed by atoms with E-state index in [4.69, 9.17) is 17.3 Å². The van der Waals surface area contributed by atoms with Crippen molar-refractivity contribution in [2.24, 2.45) is 0 Å². The van der Waals surface area contributed by atoms with E-state index in [2.05, 4.69) is 20.9 Å². The van der Waals surface area contributed by atoms with Crippen LogP contribution < -0.4 is 5.73 Å². The molecule has 0 spiro atoms. The minimum atomic E-state index is -0.323. The second-order valence-corrected chi connectivity index (χ2v) is 5.32. The van der Waals surface area contributed by atoms with Gasteiger partial charge >= 0.3 is 0 Å². The van der Waals surface area contributed by atoms with Crippen molar-refractivity contribution >= 4 is 44.5 Å². The summed E-state index contributed by atoms with van der Waals surface area (Å²) in [6.07, 6.45) is 0. The molecule has 0 aliphatic carbocycles. The molecule has 3 rings (SSSR count). The normalized spacial score (nSPS) is 11.1. The lowest BCUT2D eigenvalue weighted by molar-refractivity contribution is 0.626. The number of aromatic nitrogens is 2. The maximum absolute atomic E-state index is 13.2. The third kappa shape index (κ3) is 2.09. The smallest absolute Gasteiger partial charge is 0.205 e. The molecule has 19 heavy (non-hydrogen) atoms. The van der Waals surface area contributed by atoms with Gasteiger partial charge in [-0.2, -0.15) is 0 Å². The number of rotatable bonds is 1. The third-order valence-electron chi connectivity index (χ3n) is 2.79. The van der Waals surface area contributed by atoms with Gasteiger partial charge in [0.25, 0.3) is 0 Å². The van der Waals surface area contributed by atoms with Crippen LogP contribution in [0.3, 0.4) is 0 Å². The minimum absolute atomic E-state index is 0.323. The Morgan fingerprint density at radius 1 is 1.21 bits per heavy atom. The van der Waals surface area contributed by atoms with Gasteiger partial charge in [-0.25, -0.2) is 9.37 Å². The van der Waals surface area contributed by atoms with E-state index in [0.717, 1.165) is 11.0 Å². The Labute approximate surface area is 121 Å². The number of fused-ring (bicyclic) bond motifs is 1. The third-order valence-corrected chi connectivity index (χ3v) is 3.66. The molecule has 2 N–H and O–H groups in total. The Balaban J connectivity index is 2.35. The fraction of sp³-hybridized carbons (Fsp3) is 0. The van der Waals surface area contributed by atoms with Gasteiger partial charge in [-0.05, 0) is 52.3 Å². The molecule has 2 aromatic carbocycles. The van der Waals surface area contributed by atoms with Crippen molar-refractivity contribution in [2.45, 2.75) is 0 Å². The number of anilines is 1. The van der Waals surface area contributed by atoms with Gasteiger partial charge in [0.05, 0.1) is 16.7 Å². The number of nitrogens with two attached hydrogens (primary N) is 1. The van der Waals surface area contributed by atoms with E-state index in [0.29, 0.717) is 21.1 Å². The van der Waals surface area contributed by atoms with E-state index >= 15 is 0 Å². The number of imidazole rings is 1. The molecule has 96 valence electrons. The molecular formula is C13H8BrClFN3. The molecule has 0 aliphatic rings. The van der Waals surface area contributed by atoms with Crippen molar-refractivity contribution in [3.8, 4) is 5.69 Å². The summed E-state index contributed by atoms with van der Waals surface area (Å²) in [7, 11) is 0. The van der Waals surface area contributed by atoms with Crippen LogP contribution in [-0.2, 0) is 0 Å². The van der Waals surface area contributed by atoms with Crippen LogP contribution in [0, 0.1) is 5.82 Å². The number of benzene rings is 2. The van der Waals surface area contributed by atoms with Gasteiger partial charge < -0.3 is 5.73 Å². The summed E-state index contributed by atoms with van der Waals surface area (Å²) in [5, 5.41) is 0.590. The summed E-state index contributed by atoms with van der Waals surface area (Å²) in [6.45, 7) is 0. The van der Waals surface area contributed by atoms with E-state index < -0.39 is 0 Å². The number of halogens is 3. The molecule has 0 atom stereocenters. The molecule has 0 radical (unpaired) electrons. The van der Waals surface area contributed by atoms with Crippen LogP contribution in [0.25, 0.3) is 16.7 Å². The molecular weight excluding hydrogens is 333 g/mol. The average molecular weight is 341 g/mol. The summed E-state index contributed by atoms with van der Waals surface area (Å²) < 4.78 is 15.5. The van der Waals surface area contributed by atoms with Gasteiger partial charge in [-0.15, -0.1) is 0 Å². The number of hydrogen-bond acceptors (Lipinski definition) is 2. The highest BCUT2D eigenvalue weighted by Crippen LogP contribution is 2.30. The van der Waals surface area contributed by atoms with Gasteiger partial charge in [-0.1, -0.05) is 11.6 Å². The monoisotopic (exact) mass is 339 g/mol. The first-order valence-corrected chi connectivity index (χ1v) is 6.62. The largest absolute Gasteiger partial charge is 0.369 e. The van der Waals surface area contributed by atoms with Gasteiger partial charge in [0.2, 0.25) is 5.95 Å². The summed E-state index contributed by atoms with van der Waals surface area (Å²) in [5.41, 5.74) is 8.16. The van der Waals surface area contributed by atoms with E-state index in [-0.39, 0.29) is 5.82 Å². The van der Waals surface area contributed by atoms with Crippen LogP contribution in [0.5, 0.6) is 0 Å². The zero-order chi connectivity index (χ0) is 13.6. The molecule has 6 heteroatoms. The summed E-state index contributed by atoms with van der Waals surface area (Å²) in [4.78, 5) is 4.26. The zero-order valence-electron chi connectivity index (χ0n) is 9.57. The Hall–Kier alpha value is -1.59. The number of nitrogen functional groups attached to an aromatic ring is 1. The van der Waals surface area contributed by atoms with Gasteiger partial charge in [0, 0.05) is 9.50 Å². The SMILES string of the molecule is Nc1nc2ccc(Cl)cc2n1-c1ccc(F)cc1Br. The van der Waals surface area contributed by atoms with Crippen molar-refractivity contribution in [1.29, 1.82) is 0 Å². The van der Waals surface area contributed by atoms with Crippen LogP contribution in [0.4, 0.5) is 10.3 Å². The van der Waals surface area contributed by atoms with Crippen LogP contribution in [-0.4, -0.2) is 9.55 Å². The molecule has 3 aromatic rings. The van der Waals surface area contributed by atoms with Gasteiger partial charge in [0.15, 0.2) is 0 Å². The fourth-order valence-corrected chi connectivity index (χ4v) is 2.68. The number of nitrogens with zero attached hydrogens (tertiary/aromatic N) is 2. The molecule has 0 amide bonds. The molecule has 1 aromatic heterocycles. The average Bonchev–Trinajstić information content (AvgIpc) is 2.65. The Morgan fingerprint density at radius 2 is 2.00 bits per heavy atom. The lowest BCUT2D eigenvalue weighted by Crippen LogP contribution is -2.01. The fourth-order valence-electron chi connectivity index (χ4n) is 1.98. The van der Waals surface area contributed by atoms with Crippen molar-refractivity contribution in [1.82, 2.24) is 9.55 Å². The maximum atomic E-state index is 13.2. The van der Waals surface area contributed by atoms with E-state index in [9.17, 15) is 4.39 Å². The van der Waals surface area contributed by atoms with Gasteiger partial charge in [-0.3, -0.25) is 4.57 Å². The molecule has 0 unspecified atom stereocenters. The highest BCUT2D eigenvalue weighted by Gasteiger charge is 2.13. The van der Waals surface area contributed by atoms with Crippen LogP contribution in [0.15, 0.2) is 40.9 Å².